The van der Waals surface area contributed by atoms with Gasteiger partial charge in [0.1, 0.15) is 0 Å². The average Bonchev–Trinajstić information content (AvgIpc) is 2.73. The van der Waals surface area contributed by atoms with Crippen molar-refractivity contribution in [3.8, 4) is 0 Å². The molecular formula is C22H20N2O5S. The van der Waals surface area contributed by atoms with Gasteiger partial charge in [0.25, 0.3) is 5.91 Å². The van der Waals surface area contributed by atoms with Crippen LogP contribution in [0.2, 0.25) is 0 Å². The first-order chi connectivity index (χ1) is 14.2. The lowest BCUT2D eigenvalue weighted by Gasteiger charge is -2.10. The van der Waals surface area contributed by atoms with E-state index < -0.39 is 16.0 Å². The highest BCUT2D eigenvalue weighted by molar-refractivity contribution is 7.89. The van der Waals surface area contributed by atoms with Crippen LogP contribution in [0.5, 0.6) is 0 Å². The molecule has 3 aromatic rings. The lowest BCUT2D eigenvalue weighted by atomic mass is 10.1. The number of nitrogens with one attached hydrogen (secondary N) is 2. The molecule has 3 rings (SSSR count). The van der Waals surface area contributed by atoms with Crippen molar-refractivity contribution in [2.24, 2.45) is 0 Å². The first kappa shape index (κ1) is 21.2. The van der Waals surface area contributed by atoms with Gasteiger partial charge in [-0.25, -0.2) is 17.9 Å². The van der Waals surface area contributed by atoms with Crippen LogP contribution < -0.4 is 10.0 Å². The Balaban J connectivity index is 1.66. The number of hydrogen-bond acceptors (Lipinski definition) is 4. The third-order valence-corrected chi connectivity index (χ3v) is 5.79. The zero-order chi connectivity index (χ0) is 21.7. The van der Waals surface area contributed by atoms with Gasteiger partial charge in [-0.05, 0) is 61.0 Å². The Hall–Kier alpha value is -3.49. The molecule has 7 nitrogen and oxygen atoms in total. The van der Waals surface area contributed by atoms with Crippen molar-refractivity contribution in [3.63, 3.8) is 0 Å². The van der Waals surface area contributed by atoms with Crippen molar-refractivity contribution in [2.45, 2.75) is 18.4 Å². The Bertz CT molecular complexity index is 1170. The van der Waals surface area contributed by atoms with Crippen LogP contribution in [0.15, 0.2) is 77.7 Å². The highest BCUT2D eigenvalue weighted by atomic mass is 32.2. The minimum absolute atomic E-state index is 0.00553. The number of anilines is 1. The van der Waals surface area contributed by atoms with Crippen LogP contribution in [0.4, 0.5) is 5.69 Å². The lowest BCUT2D eigenvalue weighted by molar-refractivity contribution is 0.0696. The fourth-order valence-electron chi connectivity index (χ4n) is 2.71. The van der Waals surface area contributed by atoms with Crippen molar-refractivity contribution in [1.29, 1.82) is 0 Å². The maximum absolute atomic E-state index is 12.4. The molecule has 0 aromatic heterocycles. The van der Waals surface area contributed by atoms with Crippen LogP contribution in [0.3, 0.4) is 0 Å². The zero-order valence-electron chi connectivity index (χ0n) is 16.1. The van der Waals surface area contributed by atoms with Crippen molar-refractivity contribution in [3.05, 3.63) is 95.1 Å². The summed E-state index contributed by atoms with van der Waals surface area (Å²) in [6, 6.07) is 19.0. The van der Waals surface area contributed by atoms with Gasteiger partial charge in [0.2, 0.25) is 10.0 Å². The summed E-state index contributed by atoms with van der Waals surface area (Å²) in [5.74, 6) is -1.39. The molecular weight excluding hydrogens is 404 g/mol. The molecule has 3 N–H and O–H groups in total. The molecule has 0 saturated heterocycles. The number of hydrogen-bond donors (Lipinski definition) is 3. The zero-order valence-corrected chi connectivity index (χ0v) is 16.9. The molecule has 0 heterocycles. The molecule has 1 amide bonds. The highest BCUT2D eigenvalue weighted by Gasteiger charge is 2.15. The van der Waals surface area contributed by atoms with Gasteiger partial charge >= 0.3 is 5.97 Å². The molecule has 0 atom stereocenters. The summed E-state index contributed by atoms with van der Waals surface area (Å²) in [5.41, 5.74) is 2.78. The second-order valence-corrected chi connectivity index (χ2v) is 8.44. The molecule has 30 heavy (non-hydrogen) atoms. The fourth-order valence-corrected chi connectivity index (χ4v) is 3.72. The molecule has 0 spiro atoms. The Morgan fingerprint density at radius 3 is 2.17 bits per heavy atom. The lowest BCUT2D eigenvalue weighted by Crippen LogP contribution is -2.23. The molecule has 0 aliphatic heterocycles. The molecule has 0 aliphatic carbocycles. The minimum Gasteiger partial charge on any atom is -0.478 e. The monoisotopic (exact) mass is 424 g/mol. The standard InChI is InChI=1S/C22H20N2O5S/c1-15-5-7-17(8-6-15)21(25)24-19-4-2-3-16(13-19)14-23-30(28,29)20-11-9-18(10-12-20)22(26)27/h2-13,23H,14H2,1H3,(H,24,25)(H,26,27). The molecule has 0 aliphatic rings. The van der Waals surface area contributed by atoms with E-state index in [1.54, 1.807) is 36.4 Å². The van der Waals surface area contributed by atoms with E-state index in [0.717, 1.165) is 5.56 Å². The topological polar surface area (TPSA) is 113 Å². The summed E-state index contributed by atoms with van der Waals surface area (Å²) in [7, 11) is -3.81. The number of aromatic carboxylic acids is 1. The van der Waals surface area contributed by atoms with Gasteiger partial charge in [-0.1, -0.05) is 29.8 Å². The van der Waals surface area contributed by atoms with Crippen LogP contribution in [0.1, 0.15) is 31.8 Å². The summed E-state index contributed by atoms with van der Waals surface area (Å²) in [4.78, 5) is 23.2. The Kier molecular flexibility index (Phi) is 6.29. The Labute approximate surface area is 174 Å². The molecule has 0 radical (unpaired) electrons. The van der Waals surface area contributed by atoms with E-state index in [2.05, 4.69) is 10.0 Å². The molecule has 0 bridgehead atoms. The van der Waals surface area contributed by atoms with Crippen LogP contribution >= 0.6 is 0 Å². The van der Waals surface area contributed by atoms with Gasteiger partial charge < -0.3 is 10.4 Å². The van der Waals surface area contributed by atoms with Crippen molar-refractivity contribution in [1.82, 2.24) is 4.72 Å². The van der Waals surface area contributed by atoms with E-state index >= 15 is 0 Å². The number of aryl methyl sites for hydroxylation is 1. The molecule has 0 fully saturated rings. The second kappa shape index (κ2) is 8.89. The maximum atomic E-state index is 12.4. The quantitative estimate of drug-likeness (QED) is 0.538. The number of carboxylic acid groups (broad SMARTS) is 1. The van der Waals surface area contributed by atoms with Gasteiger partial charge in [0, 0.05) is 17.8 Å². The SMILES string of the molecule is Cc1ccc(C(=O)Nc2cccc(CNS(=O)(=O)c3ccc(C(=O)O)cc3)c2)cc1. The summed E-state index contributed by atoms with van der Waals surface area (Å²) >= 11 is 0. The number of rotatable bonds is 7. The normalized spacial score (nSPS) is 11.1. The van der Waals surface area contributed by atoms with Gasteiger partial charge in [-0.3, -0.25) is 4.79 Å². The van der Waals surface area contributed by atoms with Gasteiger partial charge in [-0.2, -0.15) is 0 Å². The van der Waals surface area contributed by atoms with E-state index in [4.69, 9.17) is 5.11 Å². The largest absolute Gasteiger partial charge is 0.478 e. The number of carboxylic acids is 1. The number of benzene rings is 3. The van der Waals surface area contributed by atoms with Crippen LogP contribution in [0.25, 0.3) is 0 Å². The first-order valence-corrected chi connectivity index (χ1v) is 10.5. The summed E-state index contributed by atoms with van der Waals surface area (Å²) < 4.78 is 27.3. The third-order valence-electron chi connectivity index (χ3n) is 4.38. The predicted octanol–water partition coefficient (Wildman–Crippen LogP) is 3.42. The first-order valence-electron chi connectivity index (χ1n) is 9.04. The summed E-state index contributed by atoms with van der Waals surface area (Å²) in [5, 5.41) is 11.7. The van der Waals surface area contributed by atoms with Crippen molar-refractivity contribution >= 4 is 27.6 Å². The molecule has 0 unspecified atom stereocenters. The number of amides is 1. The number of sulfonamides is 1. The van der Waals surface area contributed by atoms with E-state index in [1.165, 1.54) is 24.3 Å². The van der Waals surface area contributed by atoms with Gasteiger partial charge in [0.15, 0.2) is 0 Å². The van der Waals surface area contributed by atoms with Crippen molar-refractivity contribution < 1.29 is 23.1 Å². The fraction of sp³-hybridized carbons (Fsp3) is 0.0909. The average molecular weight is 424 g/mol. The van der Waals surface area contributed by atoms with Gasteiger partial charge in [-0.15, -0.1) is 0 Å². The minimum atomic E-state index is -3.81. The molecule has 3 aromatic carbocycles. The smallest absolute Gasteiger partial charge is 0.335 e. The molecule has 0 saturated carbocycles. The number of carbonyl (C=O) groups is 2. The Morgan fingerprint density at radius 2 is 1.53 bits per heavy atom. The van der Waals surface area contributed by atoms with E-state index in [0.29, 0.717) is 16.8 Å². The van der Waals surface area contributed by atoms with E-state index in [9.17, 15) is 18.0 Å². The molecule has 8 heteroatoms. The van der Waals surface area contributed by atoms with Crippen molar-refractivity contribution in [2.75, 3.05) is 5.32 Å². The summed E-state index contributed by atoms with van der Waals surface area (Å²) in [6.07, 6.45) is 0. The highest BCUT2D eigenvalue weighted by Crippen LogP contribution is 2.15. The summed E-state index contributed by atoms with van der Waals surface area (Å²) in [6.45, 7) is 1.95. The van der Waals surface area contributed by atoms with E-state index in [1.807, 2.05) is 19.1 Å². The van der Waals surface area contributed by atoms with Crippen LogP contribution in [-0.2, 0) is 16.6 Å². The second-order valence-electron chi connectivity index (χ2n) is 6.67. The third kappa shape index (κ3) is 5.31. The maximum Gasteiger partial charge on any atom is 0.335 e. The molecule has 154 valence electrons. The number of carbonyl (C=O) groups excluding carboxylic acids is 1. The predicted molar refractivity (Wildman–Crippen MR) is 113 cm³/mol. The van der Waals surface area contributed by atoms with Crippen LogP contribution in [0, 0.1) is 6.92 Å². The van der Waals surface area contributed by atoms with Crippen LogP contribution in [-0.4, -0.2) is 25.4 Å². The van der Waals surface area contributed by atoms with E-state index in [-0.39, 0.29) is 22.9 Å². The van der Waals surface area contributed by atoms with Gasteiger partial charge in [0.05, 0.1) is 10.5 Å². The Morgan fingerprint density at radius 1 is 0.900 bits per heavy atom.